The molecule has 0 aliphatic carbocycles. The number of aryl methyl sites for hydroxylation is 3. The highest BCUT2D eigenvalue weighted by Gasteiger charge is 2.19. The molecular formula is C37H34N4O3S2. The van der Waals surface area contributed by atoms with Gasteiger partial charge in [0.05, 0.1) is 10.9 Å². The van der Waals surface area contributed by atoms with Crippen LogP contribution in [0.3, 0.4) is 0 Å². The molecule has 46 heavy (non-hydrogen) atoms. The van der Waals surface area contributed by atoms with Gasteiger partial charge in [0.25, 0.3) is 11.8 Å². The molecule has 0 aliphatic heterocycles. The fourth-order valence-electron chi connectivity index (χ4n) is 4.56. The quantitative estimate of drug-likeness (QED) is 0.105. The van der Waals surface area contributed by atoms with E-state index in [1.165, 1.54) is 28.7 Å². The number of hydrogen-bond acceptors (Lipinski definition) is 6. The number of carbonyl (C=O) groups is 3. The van der Waals surface area contributed by atoms with Gasteiger partial charge in [-0.15, -0.1) is 23.1 Å². The lowest BCUT2D eigenvalue weighted by molar-refractivity contribution is -0.115. The minimum atomic E-state index is -0.454. The largest absolute Gasteiger partial charge is 0.321 e. The van der Waals surface area contributed by atoms with Gasteiger partial charge >= 0.3 is 0 Å². The third-order valence-electron chi connectivity index (χ3n) is 7.16. The number of thioether (sulfide) groups is 1. The second-order valence-corrected chi connectivity index (χ2v) is 13.4. The molecule has 1 atom stereocenters. The Hall–Kier alpha value is -4.99. The van der Waals surface area contributed by atoms with E-state index in [0.29, 0.717) is 16.4 Å². The average molecular weight is 647 g/mol. The summed E-state index contributed by atoms with van der Waals surface area (Å²) in [7, 11) is 0. The van der Waals surface area contributed by atoms with Crippen LogP contribution in [0, 0.1) is 20.8 Å². The van der Waals surface area contributed by atoms with E-state index in [9.17, 15) is 14.4 Å². The molecule has 5 aromatic rings. The number of nitrogens with zero attached hydrogens (tertiary/aromatic N) is 1. The van der Waals surface area contributed by atoms with Gasteiger partial charge in [0.15, 0.2) is 5.13 Å². The molecule has 4 aromatic carbocycles. The first-order valence-corrected chi connectivity index (χ1v) is 16.4. The maximum atomic E-state index is 13.4. The fraction of sp³-hybridized carbons (Fsp3) is 0.135. The van der Waals surface area contributed by atoms with Crippen LogP contribution < -0.4 is 16.0 Å². The second kappa shape index (κ2) is 14.9. The molecule has 5 rings (SSSR count). The highest BCUT2D eigenvalue weighted by Crippen LogP contribution is 2.32. The maximum absolute atomic E-state index is 13.4. The van der Waals surface area contributed by atoms with Gasteiger partial charge in [-0.1, -0.05) is 72.3 Å². The van der Waals surface area contributed by atoms with E-state index in [1.54, 1.807) is 42.5 Å². The molecule has 7 nitrogen and oxygen atoms in total. The second-order valence-electron chi connectivity index (χ2n) is 10.8. The van der Waals surface area contributed by atoms with Gasteiger partial charge in [-0.25, -0.2) is 4.98 Å². The van der Waals surface area contributed by atoms with Gasteiger partial charge in [-0.05, 0) is 81.3 Å². The van der Waals surface area contributed by atoms with Crippen molar-refractivity contribution in [3.63, 3.8) is 0 Å². The molecule has 0 radical (unpaired) electrons. The Morgan fingerprint density at radius 3 is 2.17 bits per heavy atom. The number of carbonyl (C=O) groups excluding carboxylic acids is 3. The number of anilines is 2. The molecule has 0 saturated heterocycles. The first-order valence-electron chi connectivity index (χ1n) is 14.7. The number of nitrogens with one attached hydrogen (secondary N) is 3. The lowest BCUT2D eigenvalue weighted by Gasteiger charge is -2.13. The monoisotopic (exact) mass is 646 g/mol. The molecular weight excluding hydrogens is 613 g/mol. The zero-order valence-corrected chi connectivity index (χ0v) is 27.6. The summed E-state index contributed by atoms with van der Waals surface area (Å²) in [6.45, 7) is 7.83. The fourth-order valence-corrected chi connectivity index (χ4v) is 6.26. The molecule has 0 bridgehead atoms. The number of thiazole rings is 1. The Balaban J connectivity index is 1.22. The molecule has 9 heteroatoms. The molecule has 1 unspecified atom stereocenters. The van der Waals surface area contributed by atoms with Crippen molar-refractivity contribution < 1.29 is 14.4 Å². The normalized spacial score (nSPS) is 11.9. The van der Waals surface area contributed by atoms with E-state index in [-0.39, 0.29) is 22.8 Å². The number of aromatic nitrogens is 1. The van der Waals surface area contributed by atoms with Crippen molar-refractivity contribution in [2.75, 3.05) is 10.6 Å². The SMILES string of the molecule is Cc1ccc(-c2nc(NC(=O)C(C)Sc3ccc(NC(=O)/C(=C/c4ccccc4C)NC(=O)c4ccccc4)cc3)sc2C)cc1. The molecule has 0 spiro atoms. The van der Waals surface area contributed by atoms with E-state index in [1.807, 2.05) is 94.4 Å². The van der Waals surface area contributed by atoms with Crippen LogP contribution in [0.1, 0.15) is 38.8 Å². The number of hydrogen-bond donors (Lipinski definition) is 3. The van der Waals surface area contributed by atoms with Crippen LogP contribution in [-0.2, 0) is 9.59 Å². The summed E-state index contributed by atoms with van der Waals surface area (Å²) < 4.78 is 0. The molecule has 1 aromatic heterocycles. The van der Waals surface area contributed by atoms with Gasteiger partial charge in [-0.2, -0.15) is 0 Å². The Labute approximate surface area is 277 Å². The summed E-state index contributed by atoms with van der Waals surface area (Å²) >= 11 is 2.86. The smallest absolute Gasteiger partial charge is 0.272 e. The molecule has 0 fully saturated rings. The summed E-state index contributed by atoms with van der Waals surface area (Å²) in [6.07, 6.45) is 1.67. The Morgan fingerprint density at radius 2 is 1.48 bits per heavy atom. The van der Waals surface area contributed by atoms with Crippen LogP contribution in [0.5, 0.6) is 0 Å². The topological polar surface area (TPSA) is 100 Å². The molecule has 1 heterocycles. The summed E-state index contributed by atoms with van der Waals surface area (Å²) in [6, 6.07) is 31.8. The lowest BCUT2D eigenvalue weighted by atomic mass is 10.1. The Morgan fingerprint density at radius 1 is 0.804 bits per heavy atom. The van der Waals surface area contributed by atoms with Crippen LogP contribution in [-0.4, -0.2) is 28.0 Å². The first-order chi connectivity index (χ1) is 22.2. The van der Waals surface area contributed by atoms with Crippen LogP contribution in [0.15, 0.2) is 114 Å². The highest BCUT2D eigenvalue weighted by atomic mass is 32.2. The van der Waals surface area contributed by atoms with Crippen molar-refractivity contribution in [3.05, 3.63) is 136 Å². The van der Waals surface area contributed by atoms with Crippen LogP contribution in [0.2, 0.25) is 0 Å². The average Bonchev–Trinajstić information content (AvgIpc) is 3.42. The van der Waals surface area contributed by atoms with Gasteiger partial charge in [0, 0.05) is 26.6 Å². The highest BCUT2D eigenvalue weighted by molar-refractivity contribution is 8.00. The summed E-state index contributed by atoms with van der Waals surface area (Å²) in [5.74, 6) is -0.981. The third kappa shape index (κ3) is 8.38. The zero-order chi connectivity index (χ0) is 32.6. The van der Waals surface area contributed by atoms with Crippen molar-refractivity contribution in [2.45, 2.75) is 37.8 Å². The van der Waals surface area contributed by atoms with Gasteiger partial charge < -0.3 is 16.0 Å². The van der Waals surface area contributed by atoms with Gasteiger partial charge in [-0.3, -0.25) is 14.4 Å². The number of rotatable bonds is 10. The predicted molar refractivity (Wildman–Crippen MR) is 189 cm³/mol. The Kier molecular flexibility index (Phi) is 10.5. The van der Waals surface area contributed by atoms with E-state index in [2.05, 4.69) is 20.9 Å². The number of benzene rings is 4. The van der Waals surface area contributed by atoms with Crippen LogP contribution >= 0.6 is 23.1 Å². The number of amides is 3. The molecule has 3 N–H and O–H groups in total. The lowest BCUT2D eigenvalue weighted by Crippen LogP contribution is -2.30. The maximum Gasteiger partial charge on any atom is 0.272 e. The zero-order valence-electron chi connectivity index (χ0n) is 26.0. The van der Waals surface area contributed by atoms with E-state index >= 15 is 0 Å². The summed E-state index contributed by atoms with van der Waals surface area (Å²) in [4.78, 5) is 45.9. The molecule has 0 saturated carbocycles. The van der Waals surface area contributed by atoms with E-state index in [0.717, 1.165) is 32.2 Å². The van der Waals surface area contributed by atoms with Gasteiger partial charge in [0.1, 0.15) is 5.70 Å². The molecule has 3 amide bonds. The van der Waals surface area contributed by atoms with Crippen LogP contribution in [0.25, 0.3) is 17.3 Å². The minimum Gasteiger partial charge on any atom is -0.321 e. The van der Waals surface area contributed by atoms with Crippen molar-refractivity contribution in [1.29, 1.82) is 0 Å². The van der Waals surface area contributed by atoms with Crippen molar-refractivity contribution in [3.8, 4) is 11.3 Å². The van der Waals surface area contributed by atoms with Crippen molar-refractivity contribution >= 4 is 57.7 Å². The van der Waals surface area contributed by atoms with Crippen LogP contribution in [0.4, 0.5) is 10.8 Å². The first kappa shape index (κ1) is 32.4. The summed E-state index contributed by atoms with van der Waals surface area (Å²) in [5.41, 5.74) is 5.98. The van der Waals surface area contributed by atoms with Crippen molar-refractivity contribution in [1.82, 2.24) is 10.3 Å². The molecule has 232 valence electrons. The molecule has 0 aliphatic rings. The summed E-state index contributed by atoms with van der Waals surface area (Å²) in [5, 5.41) is 8.79. The predicted octanol–water partition coefficient (Wildman–Crippen LogP) is 8.26. The standard InChI is InChI=1S/C37H34N4O3S2/c1-23-14-16-27(17-15-23)33-25(3)46-37(40-33)41-34(42)26(4)45-31-20-18-30(19-21-31)38-36(44)32(22-29-13-9-8-10-24(29)2)39-35(43)28-11-6-5-7-12-28/h5-22,26H,1-4H3,(H,38,44)(H,39,43)(H,40,41,42)/b32-22-. The Bertz CT molecular complexity index is 1880. The van der Waals surface area contributed by atoms with E-state index < -0.39 is 5.91 Å². The van der Waals surface area contributed by atoms with Crippen molar-refractivity contribution in [2.24, 2.45) is 0 Å². The minimum absolute atomic E-state index is 0.120. The van der Waals surface area contributed by atoms with E-state index in [4.69, 9.17) is 0 Å². The van der Waals surface area contributed by atoms with Gasteiger partial charge in [0.2, 0.25) is 5.91 Å². The third-order valence-corrected chi connectivity index (χ3v) is 9.16.